The largest absolute Gasteiger partial charge is 0.396 e. The SMILES string of the molecule is CS(=O)(=O)CS(=O)(=O)Nc1ccc(CCO)cc1. The van der Waals surface area contributed by atoms with E-state index in [1.54, 1.807) is 12.1 Å². The number of sulfonamides is 1. The maximum absolute atomic E-state index is 11.5. The van der Waals surface area contributed by atoms with Crippen LogP contribution < -0.4 is 4.72 Å². The molecule has 0 aliphatic carbocycles. The third-order valence-corrected chi connectivity index (χ3v) is 5.50. The second-order valence-electron chi connectivity index (χ2n) is 3.93. The van der Waals surface area contributed by atoms with E-state index in [0.29, 0.717) is 12.1 Å². The number of benzene rings is 1. The number of aliphatic hydroxyl groups is 1. The van der Waals surface area contributed by atoms with Crippen molar-refractivity contribution in [3.63, 3.8) is 0 Å². The maximum atomic E-state index is 11.5. The van der Waals surface area contributed by atoms with Crippen LogP contribution in [0.3, 0.4) is 0 Å². The summed E-state index contributed by atoms with van der Waals surface area (Å²) in [4.78, 5) is 0. The highest BCUT2D eigenvalue weighted by molar-refractivity contribution is 8.08. The Bertz CT molecular complexity index is 590. The van der Waals surface area contributed by atoms with Crippen molar-refractivity contribution in [1.29, 1.82) is 0 Å². The van der Waals surface area contributed by atoms with Crippen molar-refractivity contribution in [1.82, 2.24) is 0 Å². The number of hydrogen-bond acceptors (Lipinski definition) is 5. The number of hydrogen-bond donors (Lipinski definition) is 2. The average molecular weight is 293 g/mol. The fourth-order valence-electron chi connectivity index (χ4n) is 1.36. The lowest BCUT2D eigenvalue weighted by atomic mass is 10.1. The third kappa shape index (κ3) is 5.48. The molecule has 0 aliphatic rings. The Morgan fingerprint density at radius 2 is 1.67 bits per heavy atom. The number of anilines is 1. The van der Waals surface area contributed by atoms with Gasteiger partial charge in [0.25, 0.3) is 0 Å². The molecular weight excluding hydrogens is 278 g/mol. The molecule has 0 saturated heterocycles. The lowest BCUT2D eigenvalue weighted by Gasteiger charge is -2.07. The molecule has 0 spiro atoms. The highest BCUT2D eigenvalue weighted by Gasteiger charge is 2.17. The zero-order valence-corrected chi connectivity index (χ0v) is 11.5. The first-order valence-electron chi connectivity index (χ1n) is 5.10. The molecule has 0 heterocycles. The molecule has 2 N–H and O–H groups in total. The van der Waals surface area contributed by atoms with E-state index in [1.807, 2.05) is 0 Å². The molecule has 0 fully saturated rings. The highest BCUT2D eigenvalue weighted by Crippen LogP contribution is 2.12. The van der Waals surface area contributed by atoms with Crippen LogP contribution in [0.15, 0.2) is 24.3 Å². The van der Waals surface area contributed by atoms with E-state index in [2.05, 4.69) is 4.72 Å². The third-order valence-electron chi connectivity index (χ3n) is 2.00. The number of sulfone groups is 1. The molecule has 0 amide bonds. The maximum Gasteiger partial charge on any atom is 0.247 e. The summed E-state index contributed by atoms with van der Waals surface area (Å²) in [6.07, 6.45) is 1.34. The molecule has 0 atom stereocenters. The Kier molecular flexibility index (Phi) is 4.71. The van der Waals surface area contributed by atoms with E-state index in [4.69, 9.17) is 5.11 Å². The Morgan fingerprint density at radius 1 is 1.11 bits per heavy atom. The summed E-state index contributed by atoms with van der Waals surface area (Å²) >= 11 is 0. The standard InChI is InChI=1S/C10H15NO5S2/c1-17(13,14)8-18(15,16)11-10-4-2-9(3-5-10)6-7-12/h2-5,11-12H,6-8H2,1H3. The monoisotopic (exact) mass is 293 g/mol. The Labute approximate surface area is 107 Å². The van der Waals surface area contributed by atoms with Gasteiger partial charge in [-0.25, -0.2) is 16.8 Å². The molecular formula is C10H15NO5S2. The molecule has 1 aromatic rings. The van der Waals surface area contributed by atoms with Crippen molar-refractivity contribution in [2.75, 3.05) is 22.7 Å². The fourth-order valence-corrected chi connectivity index (χ4v) is 4.34. The first kappa shape index (κ1) is 14.9. The van der Waals surface area contributed by atoms with Crippen LogP contribution in [-0.4, -0.2) is 39.9 Å². The molecule has 0 unspecified atom stereocenters. The van der Waals surface area contributed by atoms with Gasteiger partial charge in [0.2, 0.25) is 10.0 Å². The molecule has 1 aromatic carbocycles. The summed E-state index contributed by atoms with van der Waals surface area (Å²) < 4.78 is 47.0. The van der Waals surface area contributed by atoms with E-state index < -0.39 is 24.9 Å². The molecule has 102 valence electrons. The van der Waals surface area contributed by atoms with Crippen LogP contribution in [0.1, 0.15) is 5.56 Å². The topological polar surface area (TPSA) is 101 Å². The number of rotatable bonds is 6. The van der Waals surface area contributed by atoms with Crippen LogP contribution in [0.5, 0.6) is 0 Å². The molecule has 18 heavy (non-hydrogen) atoms. The fraction of sp³-hybridized carbons (Fsp3) is 0.400. The Balaban J connectivity index is 2.79. The summed E-state index contributed by atoms with van der Waals surface area (Å²) in [5.74, 6) is 0. The molecule has 0 aliphatic heterocycles. The summed E-state index contributed by atoms with van der Waals surface area (Å²) in [7, 11) is -7.51. The van der Waals surface area contributed by atoms with Gasteiger partial charge in [-0.15, -0.1) is 0 Å². The summed E-state index contributed by atoms with van der Waals surface area (Å²) in [6, 6.07) is 6.36. The second kappa shape index (κ2) is 5.68. The van der Waals surface area contributed by atoms with Gasteiger partial charge >= 0.3 is 0 Å². The van der Waals surface area contributed by atoms with E-state index >= 15 is 0 Å². The molecule has 0 aromatic heterocycles. The second-order valence-corrected chi connectivity index (χ2v) is 8.16. The van der Waals surface area contributed by atoms with Crippen molar-refractivity contribution in [2.45, 2.75) is 6.42 Å². The van der Waals surface area contributed by atoms with Crippen LogP contribution in [0.25, 0.3) is 0 Å². The molecule has 0 saturated carbocycles. The van der Waals surface area contributed by atoms with Gasteiger partial charge in [-0.3, -0.25) is 4.72 Å². The van der Waals surface area contributed by atoms with Gasteiger partial charge in [-0.1, -0.05) is 12.1 Å². The van der Waals surface area contributed by atoms with Gasteiger partial charge in [0.1, 0.15) is 0 Å². The Hall–Kier alpha value is -1.12. The minimum absolute atomic E-state index is 0.0130. The first-order chi connectivity index (χ1) is 8.22. The summed E-state index contributed by atoms with van der Waals surface area (Å²) in [5, 5.41) is 7.78. The van der Waals surface area contributed by atoms with Gasteiger partial charge in [-0.2, -0.15) is 0 Å². The predicted octanol–water partition coefficient (Wildman–Crippen LogP) is -0.0348. The number of aliphatic hydroxyl groups excluding tert-OH is 1. The average Bonchev–Trinajstić information content (AvgIpc) is 2.17. The lowest BCUT2D eigenvalue weighted by molar-refractivity contribution is 0.299. The van der Waals surface area contributed by atoms with Crippen LogP contribution in [0.2, 0.25) is 0 Å². The number of nitrogens with one attached hydrogen (secondary N) is 1. The van der Waals surface area contributed by atoms with Crippen molar-refractivity contribution < 1.29 is 21.9 Å². The van der Waals surface area contributed by atoms with Crippen molar-refractivity contribution >= 4 is 25.5 Å². The van der Waals surface area contributed by atoms with Crippen LogP contribution in [0, 0.1) is 0 Å². The van der Waals surface area contributed by atoms with Crippen LogP contribution in [-0.2, 0) is 26.3 Å². The van der Waals surface area contributed by atoms with Gasteiger partial charge in [-0.05, 0) is 24.1 Å². The van der Waals surface area contributed by atoms with Crippen molar-refractivity contribution in [3.05, 3.63) is 29.8 Å². The minimum Gasteiger partial charge on any atom is -0.396 e. The normalized spacial score (nSPS) is 12.3. The summed E-state index contributed by atoms with van der Waals surface area (Å²) in [5.41, 5.74) is 1.16. The van der Waals surface area contributed by atoms with Gasteiger partial charge in [0.15, 0.2) is 14.9 Å². The van der Waals surface area contributed by atoms with Crippen LogP contribution >= 0.6 is 0 Å². The highest BCUT2D eigenvalue weighted by atomic mass is 32.3. The van der Waals surface area contributed by atoms with E-state index in [-0.39, 0.29) is 6.61 Å². The van der Waals surface area contributed by atoms with Crippen LogP contribution in [0.4, 0.5) is 5.69 Å². The quantitative estimate of drug-likeness (QED) is 0.767. The van der Waals surface area contributed by atoms with Crippen molar-refractivity contribution in [2.24, 2.45) is 0 Å². The Morgan fingerprint density at radius 3 is 2.11 bits per heavy atom. The van der Waals surface area contributed by atoms with Gasteiger partial charge < -0.3 is 5.11 Å². The molecule has 1 rings (SSSR count). The minimum atomic E-state index is -3.90. The zero-order chi connectivity index (χ0) is 13.8. The van der Waals surface area contributed by atoms with Gasteiger partial charge in [0, 0.05) is 18.6 Å². The van der Waals surface area contributed by atoms with E-state index in [9.17, 15) is 16.8 Å². The predicted molar refractivity (Wildman–Crippen MR) is 69.5 cm³/mol. The van der Waals surface area contributed by atoms with Gasteiger partial charge in [0.05, 0.1) is 0 Å². The van der Waals surface area contributed by atoms with E-state index in [0.717, 1.165) is 11.8 Å². The smallest absolute Gasteiger partial charge is 0.247 e. The summed E-state index contributed by atoms with van der Waals surface area (Å²) in [6.45, 7) is 0.0130. The molecule has 0 bridgehead atoms. The first-order valence-corrected chi connectivity index (χ1v) is 8.81. The van der Waals surface area contributed by atoms with E-state index in [1.165, 1.54) is 12.1 Å². The molecule has 0 radical (unpaired) electrons. The zero-order valence-electron chi connectivity index (χ0n) is 9.83. The van der Waals surface area contributed by atoms with Crippen molar-refractivity contribution in [3.8, 4) is 0 Å². The molecule has 6 nitrogen and oxygen atoms in total. The lowest BCUT2D eigenvalue weighted by Crippen LogP contribution is -2.22. The molecule has 8 heteroatoms.